The summed E-state index contributed by atoms with van der Waals surface area (Å²) in [6.45, 7) is 3.43. The molecule has 13 nitrogen and oxygen atoms in total. The highest BCUT2D eigenvalue weighted by atomic mass is 16.7. The van der Waals surface area contributed by atoms with E-state index in [1.165, 1.54) is 32.1 Å². The monoisotopic (exact) mass is 617 g/mol. The second kappa shape index (κ2) is 12.1. The number of methoxy groups -OCH3 is 2. The van der Waals surface area contributed by atoms with Crippen LogP contribution in [0.3, 0.4) is 0 Å². The van der Waals surface area contributed by atoms with Gasteiger partial charge in [0.1, 0.15) is 34.9 Å². The van der Waals surface area contributed by atoms with Crippen molar-refractivity contribution in [2.24, 2.45) is 0 Å². The number of carbonyl (C=O) groups is 1. The van der Waals surface area contributed by atoms with Crippen LogP contribution in [-0.4, -0.2) is 111 Å². The van der Waals surface area contributed by atoms with Crippen LogP contribution in [0.1, 0.15) is 43.9 Å². The third-order valence-corrected chi connectivity index (χ3v) is 9.03. The quantitative estimate of drug-likeness (QED) is 0.105. The minimum absolute atomic E-state index is 0.00153. The van der Waals surface area contributed by atoms with E-state index in [4.69, 9.17) is 18.9 Å². The van der Waals surface area contributed by atoms with Gasteiger partial charge in [0, 0.05) is 49.4 Å². The Kier molecular flexibility index (Phi) is 8.73. The SMILES string of the molecule is COCCN(C=O)[C@H]1C[C@H](O[C@H]2C[C@](O)(C(C)O)Cc3c2c(O)c2c(O)c4c(OC)cccc4c(O)c2c3O)O[C@@H](C)[C@H]1O. The van der Waals surface area contributed by atoms with Crippen molar-refractivity contribution in [2.45, 2.75) is 75.5 Å². The van der Waals surface area contributed by atoms with E-state index in [1.807, 2.05) is 0 Å². The fourth-order valence-electron chi connectivity index (χ4n) is 6.54. The molecule has 0 spiro atoms. The topological polar surface area (TPSA) is 199 Å². The van der Waals surface area contributed by atoms with Crippen molar-refractivity contribution >= 4 is 28.0 Å². The fraction of sp³-hybridized carbons (Fsp3) is 0.516. The molecule has 1 saturated heterocycles. The first-order chi connectivity index (χ1) is 20.9. The number of aromatic hydroxyl groups is 4. The van der Waals surface area contributed by atoms with Crippen LogP contribution in [0.25, 0.3) is 21.5 Å². The standard InChI is InChI=1S/C31H39NO12/c1-14-26(35)18(32(13-33)8-9-41-3)10-21(43-14)44-20-12-31(40,15(2)34)11-17-23(20)30(39)25-24(28(17)37)27(36)16-6-5-7-19(42-4)22(16)29(25)38/h5-7,13-15,18,20-21,26,34-40H,8-12H2,1-4H3/t14-,15?,18-,20-,21-,26+,31-/m0/s1. The number of fused-ring (bicyclic) bond motifs is 3. The maximum Gasteiger partial charge on any atom is 0.210 e. The molecule has 5 rings (SSSR count). The molecule has 1 aliphatic carbocycles. The first-order valence-electron chi connectivity index (χ1n) is 14.4. The predicted octanol–water partition coefficient (Wildman–Crippen LogP) is 1.91. The van der Waals surface area contributed by atoms with Gasteiger partial charge < -0.3 is 59.6 Å². The molecule has 1 unspecified atom stereocenters. The second-order valence-electron chi connectivity index (χ2n) is 11.6. The van der Waals surface area contributed by atoms with Crippen LogP contribution in [0.4, 0.5) is 0 Å². The third-order valence-electron chi connectivity index (χ3n) is 9.03. The first kappa shape index (κ1) is 31.8. The van der Waals surface area contributed by atoms with Gasteiger partial charge >= 0.3 is 0 Å². The molecular formula is C31H39NO12. The predicted molar refractivity (Wildman–Crippen MR) is 157 cm³/mol. The Hall–Kier alpha value is -3.59. The van der Waals surface area contributed by atoms with Crippen LogP contribution in [0.2, 0.25) is 0 Å². The van der Waals surface area contributed by atoms with Gasteiger partial charge in [-0.25, -0.2) is 0 Å². The number of aliphatic hydroxyl groups excluding tert-OH is 2. The molecule has 0 radical (unpaired) electrons. The molecule has 1 fully saturated rings. The minimum atomic E-state index is -1.83. The van der Waals surface area contributed by atoms with Crippen molar-refractivity contribution < 1.29 is 59.5 Å². The Bertz CT molecular complexity index is 1560. The number of phenolic OH excluding ortho intramolecular Hbond substituents is 4. The zero-order valence-corrected chi connectivity index (χ0v) is 24.9. The normalized spacial score (nSPS) is 27.7. The number of ether oxygens (including phenoxy) is 4. The van der Waals surface area contributed by atoms with Crippen LogP contribution < -0.4 is 4.74 Å². The molecule has 1 amide bonds. The van der Waals surface area contributed by atoms with E-state index in [1.54, 1.807) is 19.1 Å². The summed E-state index contributed by atoms with van der Waals surface area (Å²) in [4.78, 5) is 13.3. The van der Waals surface area contributed by atoms with Gasteiger partial charge in [-0.05, 0) is 19.9 Å². The number of carbonyl (C=O) groups excluding carboxylic acids is 1. The van der Waals surface area contributed by atoms with Crippen LogP contribution in [-0.2, 0) is 25.4 Å². The summed E-state index contributed by atoms with van der Waals surface area (Å²) in [6.07, 6.45) is -5.34. The van der Waals surface area contributed by atoms with Crippen LogP contribution in [0.15, 0.2) is 18.2 Å². The van der Waals surface area contributed by atoms with Crippen LogP contribution >= 0.6 is 0 Å². The van der Waals surface area contributed by atoms with Crippen molar-refractivity contribution in [2.75, 3.05) is 27.4 Å². The van der Waals surface area contributed by atoms with Crippen LogP contribution in [0.5, 0.6) is 28.7 Å². The molecule has 0 aromatic heterocycles. The molecule has 13 heteroatoms. The molecular weight excluding hydrogens is 578 g/mol. The molecule has 7 N–H and O–H groups in total. The Labute approximate surface area is 253 Å². The van der Waals surface area contributed by atoms with Crippen molar-refractivity contribution in [1.82, 2.24) is 4.90 Å². The zero-order chi connectivity index (χ0) is 32.1. The van der Waals surface area contributed by atoms with Gasteiger partial charge in [-0.3, -0.25) is 4.79 Å². The van der Waals surface area contributed by atoms with E-state index < -0.39 is 65.3 Å². The highest BCUT2D eigenvalue weighted by molar-refractivity contribution is 6.17. The van der Waals surface area contributed by atoms with Gasteiger partial charge in [0.15, 0.2) is 6.29 Å². The van der Waals surface area contributed by atoms with Crippen molar-refractivity contribution in [1.29, 1.82) is 0 Å². The molecule has 0 bridgehead atoms. The van der Waals surface area contributed by atoms with Crippen molar-refractivity contribution in [3.8, 4) is 28.7 Å². The lowest BCUT2D eigenvalue weighted by molar-refractivity contribution is -0.259. The summed E-state index contributed by atoms with van der Waals surface area (Å²) in [5, 5.41) is 78.7. The summed E-state index contributed by atoms with van der Waals surface area (Å²) in [7, 11) is 2.88. The maximum absolute atomic E-state index is 11.9. The molecule has 3 aromatic rings. The lowest BCUT2D eigenvalue weighted by Crippen LogP contribution is -2.56. The van der Waals surface area contributed by atoms with Gasteiger partial charge in [0.25, 0.3) is 0 Å². The summed E-state index contributed by atoms with van der Waals surface area (Å²) < 4.78 is 22.7. The summed E-state index contributed by atoms with van der Waals surface area (Å²) in [5.74, 6) is -1.71. The number of amides is 1. The largest absolute Gasteiger partial charge is 0.507 e. The molecule has 3 aromatic carbocycles. The number of hydrogen-bond acceptors (Lipinski definition) is 12. The van der Waals surface area contributed by atoms with Gasteiger partial charge in [-0.15, -0.1) is 0 Å². The number of hydrogen-bond donors (Lipinski definition) is 7. The molecule has 7 atom stereocenters. The summed E-state index contributed by atoms with van der Waals surface area (Å²) >= 11 is 0. The second-order valence-corrected chi connectivity index (χ2v) is 11.6. The third kappa shape index (κ3) is 5.13. The Morgan fingerprint density at radius 1 is 1.09 bits per heavy atom. The smallest absolute Gasteiger partial charge is 0.210 e. The van der Waals surface area contributed by atoms with Crippen LogP contribution in [0, 0.1) is 0 Å². The number of phenols is 4. The number of nitrogens with zero attached hydrogens (tertiary/aromatic N) is 1. The number of aliphatic hydroxyl groups is 3. The summed E-state index contributed by atoms with van der Waals surface area (Å²) in [5.41, 5.74) is -1.81. The molecule has 1 aliphatic heterocycles. The lowest BCUT2D eigenvalue weighted by Gasteiger charge is -2.45. The molecule has 44 heavy (non-hydrogen) atoms. The average molecular weight is 618 g/mol. The molecule has 1 heterocycles. The van der Waals surface area contributed by atoms with Gasteiger partial charge in [0.2, 0.25) is 6.41 Å². The average Bonchev–Trinajstić information content (AvgIpc) is 2.99. The highest BCUT2D eigenvalue weighted by Gasteiger charge is 2.48. The molecule has 0 saturated carbocycles. The first-order valence-corrected chi connectivity index (χ1v) is 14.4. The van der Waals surface area contributed by atoms with E-state index in [0.717, 1.165) is 0 Å². The number of rotatable bonds is 9. The molecule has 2 aliphatic rings. The van der Waals surface area contributed by atoms with E-state index >= 15 is 0 Å². The van der Waals surface area contributed by atoms with Gasteiger partial charge in [-0.2, -0.15) is 0 Å². The van der Waals surface area contributed by atoms with E-state index in [9.17, 15) is 40.5 Å². The van der Waals surface area contributed by atoms with E-state index in [0.29, 0.717) is 6.41 Å². The van der Waals surface area contributed by atoms with Crippen molar-refractivity contribution in [3.63, 3.8) is 0 Å². The zero-order valence-electron chi connectivity index (χ0n) is 24.9. The van der Waals surface area contributed by atoms with E-state index in [2.05, 4.69) is 0 Å². The Morgan fingerprint density at radius 2 is 1.80 bits per heavy atom. The van der Waals surface area contributed by atoms with Gasteiger partial charge in [-0.1, -0.05) is 12.1 Å². The minimum Gasteiger partial charge on any atom is -0.507 e. The maximum atomic E-state index is 11.9. The fourth-order valence-corrected chi connectivity index (χ4v) is 6.54. The van der Waals surface area contributed by atoms with Gasteiger partial charge in [0.05, 0.1) is 59.8 Å². The van der Waals surface area contributed by atoms with E-state index in [-0.39, 0.29) is 70.8 Å². The highest BCUT2D eigenvalue weighted by Crippen LogP contribution is 2.57. The summed E-state index contributed by atoms with van der Waals surface area (Å²) in [6, 6.07) is 3.96. The Morgan fingerprint density at radius 3 is 2.43 bits per heavy atom. The van der Waals surface area contributed by atoms with Crippen molar-refractivity contribution in [3.05, 3.63) is 29.3 Å². The molecule has 240 valence electrons. The number of benzene rings is 3. The lowest BCUT2D eigenvalue weighted by atomic mass is 9.74. The Balaban J connectivity index is 1.66.